The minimum Gasteiger partial charge on any atom is -0.497 e. The summed E-state index contributed by atoms with van der Waals surface area (Å²) < 4.78 is 22.8. The lowest BCUT2D eigenvalue weighted by Crippen LogP contribution is -2.36. The standard InChI is InChI=1S/C21H24FNO4/c1-26-19-9-5-17(6-10-19)15-20(24)23(14-12-21(25)27-2)13-11-16-3-7-18(22)8-4-16/h3-10H,11-15H2,1-2H3. The second kappa shape index (κ2) is 10.3. The number of hydrogen-bond acceptors (Lipinski definition) is 4. The summed E-state index contributed by atoms with van der Waals surface area (Å²) >= 11 is 0. The van der Waals surface area contributed by atoms with Gasteiger partial charge in [0, 0.05) is 13.1 Å². The monoisotopic (exact) mass is 373 g/mol. The van der Waals surface area contributed by atoms with Crippen molar-refractivity contribution in [2.75, 3.05) is 27.3 Å². The van der Waals surface area contributed by atoms with Crippen LogP contribution in [0.2, 0.25) is 0 Å². The molecule has 0 heterocycles. The first-order valence-electron chi connectivity index (χ1n) is 8.73. The zero-order chi connectivity index (χ0) is 19.6. The van der Waals surface area contributed by atoms with E-state index in [-0.39, 0.29) is 37.1 Å². The minimum absolute atomic E-state index is 0.0776. The third kappa shape index (κ3) is 6.73. The second-order valence-electron chi connectivity index (χ2n) is 6.11. The molecule has 0 spiro atoms. The van der Waals surface area contributed by atoms with E-state index < -0.39 is 0 Å². The van der Waals surface area contributed by atoms with Crippen molar-refractivity contribution in [2.45, 2.75) is 19.3 Å². The molecule has 0 saturated heterocycles. The van der Waals surface area contributed by atoms with Gasteiger partial charge in [-0.05, 0) is 41.8 Å². The molecule has 0 aliphatic rings. The summed E-state index contributed by atoms with van der Waals surface area (Å²) in [5.74, 6) is -0.00727. The quantitative estimate of drug-likeness (QED) is 0.634. The summed E-state index contributed by atoms with van der Waals surface area (Å²) in [6.07, 6.45) is 0.943. The molecule has 6 heteroatoms. The number of ether oxygens (including phenoxy) is 2. The molecular weight excluding hydrogens is 349 g/mol. The first kappa shape index (κ1) is 20.4. The van der Waals surface area contributed by atoms with Gasteiger partial charge in [0.25, 0.3) is 0 Å². The van der Waals surface area contributed by atoms with Gasteiger partial charge in [0.05, 0.1) is 27.1 Å². The van der Waals surface area contributed by atoms with E-state index in [2.05, 4.69) is 4.74 Å². The number of esters is 1. The van der Waals surface area contributed by atoms with Crippen molar-refractivity contribution >= 4 is 11.9 Å². The normalized spacial score (nSPS) is 10.3. The zero-order valence-corrected chi connectivity index (χ0v) is 15.6. The second-order valence-corrected chi connectivity index (χ2v) is 6.11. The molecule has 0 saturated carbocycles. The lowest BCUT2D eigenvalue weighted by atomic mass is 10.1. The van der Waals surface area contributed by atoms with Gasteiger partial charge >= 0.3 is 5.97 Å². The molecule has 2 aromatic carbocycles. The van der Waals surface area contributed by atoms with Gasteiger partial charge in [-0.3, -0.25) is 9.59 Å². The highest BCUT2D eigenvalue weighted by Crippen LogP contribution is 2.13. The minimum atomic E-state index is -0.362. The van der Waals surface area contributed by atoms with Gasteiger partial charge < -0.3 is 14.4 Å². The molecule has 0 aliphatic heterocycles. The Labute approximate surface area is 158 Å². The molecule has 0 fully saturated rings. The van der Waals surface area contributed by atoms with Crippen molar-refractivity contribution in [3.05, 3.63) is 65.5 Å². The van der Waals surface area contributed by atoms with Gasteiger partial charge in [0.2, 0.25) is 5.91 Å². The van der Waals surface area contributed by atoms with Gasteiger partial charge in [-0.2, -0.15) is 0 Å². The maximum Gasteiger partial charge on any atom is 0.307 e. The Kier molecular flexibility index (Phi) is 7.79. The highest BCUT2D eigenvalue weighted by Gasteiger charge is 2.16. The van der Waals surface area contributed by atoms with E-state index in [1.165, 1.54) is 19.2 Å². The molecule has 0 bridgehead atoms. The molecule has 1 amide bonds. The number of carbonyl (C=O) groups excluding carboxylic acids is 2. The SMILES string of the molecule is COC(=O)CCN(CCc1ccc(F)cc1)C(=O)Cc1ccc(OC)cc1. The topological polar surface area (TPSA) is 55.8 Å². The Bertz CT molecular complexity index is 744. The van der Waals surface area contributed by atoms with E-state index in [0.717, 1.165) is 16.9 Å². The Morgan fingerprint density at radius 2 is 1.56 bits per heavy atom. The van der Waals surface area contributed by atoms with E-state index >= 15 is 0 Å². The number of methoxy groups -OCH3 is 2. The fraction of sp³-hybridized carbons (Fsp3) is 0.333. The van der Waals surface area contributed by atoms with Crippen LogP contribution in [0.4, 0.5) is 4.39 Å². The summed E-state index contributed by atoms with van der Waals surface area (Å²) in [5, 5.41) is 0. The highest BCUT2D eigenvalue weighted by atomic mass is 19.1. The van der Waals surface area contributed by atoms with Crippen LogP contribution in [-0.2, 0) is 27.2 Å². The van der Waals surface area contributed by atoms with Gasteiger partial charge in [-0.25, -0.2) is 4.39 Å². The molecule has 0 N–H and O–H groups in total. The zero-order valence-electron chi connectivity index (χ0n) is 15.6. The van der Waals surface area contributed by atoms with Gasteiger partial charge in [-0.15, -0.1) is 0 Å². The lowest BCUT2D eigenvalue weighted by Gasteiger charge is -2.22. The fourth-order valence-electron chi connectivity index (χ4n) is 2.63. The van der Waals surface area contributed by atoms with E-state index in [1.807, 2.05) is 12.1 Å². The van der Waals surface area contributed by atoms with E-state index in [1.54, 1.807) is 36.3 Å². The van der Waals surface area contributed by atoms with Crippen LogP contribution in [0.15, 0.2) is 48.5 Å². The third-order valence-electron chi connectivity index (χ3n) is 4.26. The summed E-state index contributed by atoms with van der Waals surface area (Å²) in [7, 11) is 2.91. The summed E-state index contributed by atoms with van der Waals surface area (Å²) in [5.41, 5.74) is 1.79. The molecule has 2 aromatic rings. The lowest BCUT2D eigenvalue weighted by molar-refractivity contribution is -0.141. The molecule has 0 aliphatic carbocycles. The average molecular weight is 373 g/mol. The van der Waals surface area contributed by atoms with Crippen LogP contribution < -0.4 is 4.74 Å². The molecule has 0 unspecified atom stereocenters. The number of carbonyl (C=O) groups is 2. The van der Waals surface area contributed by atoms with Crippen LogP contribution in [0.3, 0.4) is 0 Å². The van der Waals surface area contributed by atoms with Crippen LogP contribution >= 0.6 is 0 Å². The van der Waals surface area contributed by atoms with Crippen molar-refractivity contribution < 1.29 is 23.5 Å². The van der Waals surface area contributed by atoms with Gasteiger partial charge in [0.15, 0.2) is 0 Å². The maximum absolute atomic E-state index is 13.0. The molecule has 0 atom stereocenters. The number of amides is 1. The molecular formula is C21H24FNO4. The van der Waals surface area contributed by atoms with E-state index in [0.29, 0.717) is 13.0 Å². The summed E-state index contributed by atoms with van der Waals surface area (Å²) in [4.78, 5) is 25.8. The molecule has 2 rings (SSSR count). The smallest absolute Gasteiger partial charge is 0.307 e. The maximum atomic E-state index is 13.0. The van der Waals surface area contributed by atoms with Crippen molar-refractivity contribution in [1.29, 1.82) is 0 Å². The molecule has 5 nitrogen and oxygen atoms in total. The van der Waals surface area contributed by atoms with Crippen LogP contribution in [0, 0.1) is 5.82 Å². The van der Waals surface area contributed by atoms with E-state index in [9.17, 15) is 14.0 Å². The third-order valence-corrected chi connectivity index (χ3v) is 4.26. The van der Waals surface area contributed by atoms with Crippen molar-refractivity contribution in [3.63, 3.8) is 0 Å². The first-order chi connectivity index (χ1) is 13.0. The van der Waals surface area contributed by atoms with E-state index in [4.69, 9.17) is 4.74 Å². The van der Waals surface area contributed by atoms with Gasteiger partial charge in [0.1, 0.15) is 11.6 Å². The Morgan fingerprint density at radius 3 is 2.15 bits per heavy atom. The van der Waals surface area contributed by atoms with Crippen molar-refractivity contribution in [1.82, 2.24) is 4.90 Å². The predicted octanol–water partition coefficient (Wildman–Crippen LogP) is 3.01. The Morgan fingerprint density at radius 1 is 0.926 bits per heavy atom. The fourth-order valence-corrected chi connectivity index (χ4v) is 2.63. The number of halogens is 1. The average Bonchev–Trinajstić information content (AvgIpc) is 2.69. The first-order valence-corrected chi connectivity index (χ1v) is 8.73. The molecule has 0 aromatic heterocycles. The number of benzene rings is 2. The van der Waals surface area contributed by atoms with Crippen molar-refractivity contribution in [2.24, 2.45) is 0 Å². The molecule has 27 heavy (non-hydrogen) atoms. The van der Waals surface area contributed by atoms with Crippen LogP contribution in [-0.4, -0.2) is 44.1 Å². The van der Waals surface area contributed by atoms with Gasteiger partial charge in [-0.1, -0.05) is 24.3 Å². The molecule has 144 valence electrons. The largest absolute Gasteiger partial charge is 0.497 e. The number of nitrogens with zero attached hydrogens (tertiary/aromatic N) is 1. The van der Waals surface area contributed by atoms with Crippen molar-refractivity contribution in [3.8, 4) is 5.75 Å². The Balaban J connectivity index is 2.01. The van der Waals surface area contributed by atoms with Crippen LogP contribution in [0.5, 0.6) is 5.75 Å². The van der Waals surface area contributed by atoms with Crippen LogP contribution in [0.1, 0.15) is 17.5 Å². The number of hydrogen-bond donors (Lipinski definition) is 0. The summed E-state index contributed by atoms with van der Waals surface area (Å²) in [6.45, 7) is 0.723. The number of rotatable bonds is 9. The predicted molar refractivity (Wildman–Crippen MR) is 100 cm³/mol. The Hall–Kier alpha value is -2.89. The summed E-state index contributed by atoms with van der Waals surface area (Å²) in [6, 6.07) is 13.5. The highest BCUT2D eigenvalue weighted by molar-refractivity contribution is 5.79. The molecule has 0 radical (unpaired) electrons. The van der Waals surface area contributed by atoms with Crippen LogP contribution in [0.25, 0.3) is 0 Å².